The lowest BCUT2D eigenvalue weighted by molar-refractivity contribution is -0.112. The minimum absolute atomic E-state index is 0.00858. The molecule has 4 heteroatoms. The van der Waals surface area contributed by atoms with Crippen LogP contribution in [0, 0.1) is 11.3 Å². The second-order valence-electron chi connectivity index (χ2n) is 8.95. The number of hydrogen-bond acceptors (Lipinski definition) is 3. The molecule has 4 nitrogen and oxygen atoms in total. The highest BCUT2D eigenvalue weighted by Crippen LogP contribution is 2.40. The van der Waals surface area contributed by atoms with Crippen LogP contribution in [0.4, 0.5) is 5.69 Å². The molecule has 0 heterocycles. The Labute approximate surface area is 167 Å². The van der Waals surface area contributed by atoms with Gasteiger partial charge >= 0.3 is 0 Å². The number of benzene rings is 2. The lowest BCUT2D eigenvalue weighted by Gasteiger charge is -2.28. The Bertz CT molecular complexity index is 902. The summed E-state index contributed by atoms with van der Waals surface area (Å²) in [6.45, 7) is 12.1. The highest BCUT2D eigenvalue weighted by atomic mass is 16.3. The summed E-state index contributed by atoms with van der Waals surface area (Å²) in [6, 6.07) is 14.7. The molecule has 0 atom stereocenters. The fraction of sp³-hybridized carbons (Fsp3) is 0.333. The van der Waals surface area contributed by atoms with E-state index in [1.165, 1.54) is 0 Å². The van der Waals surface area contributed by atoms with Crippen LogP contribution < -0.4 is 5.32 Å². The molecule has 2 aromatic carbocycles. The zero-order valence-corrected chi connectivity index (χ0v) is 17.4. The van der Waals surface area contributed by atoms with Gasteiger partial charge < -0.3 is 10.4 Å². The Kier molecular flexibility index (Phi) is 5.99. The molecule has 0 fully saturated rings. The molecule has 2 N–H and O–H groups in total. The first-order chi connectivity index (χ1) is 12.9. The average Bonchev–Trinajstić information content (AvgIpc) is 2.59. The highest BCUT2D eigenvalue weighted by molar-refractivity contribution is 6.09. The van der Waals surface area contributed by atoms with Crippen LogP contribution in [-0.4, -0.2) is 11.0 Å². The predicted molar refractivity (Wildman–Crippen MR) is 114 cm³/mol. The van der Waals surface area contributed by atoms with Gasteiger partial charge in [0, 0.05) is 16.8 Å². The molecular formula is C24H28N2O2. The molecule has 0 unspecified atom stereocenters. The number of amides is 1. The van der Waals surface area contributed by atoms with Crippen molar-refractivity contribution in [1.82, 2.24) is 0 Å². The summed E-state index contributed by atoms with van der Waals surface area (Å²) in [4.78, 5) is 12.5. The van der Waals surface area contributed by atoms with Crippen LogP contribution in [0.1, 0.15) is 58.2 Å². The van der Waals surface area contributed by atoms with Crippen LogP contribution >= 0.6 is 0 Å². The zero-order valence-electron chi connectivity index (χ0n) is 17.4. The minimum Gasteiger partial charge on any atom is -0.507 e. The summed E-state index contributed by atoms with van der Waals surface area (Å²) in [7, 11) is 0. The number of carbonyl (C=O) groups is 1. The molecule has 146 valence electrons. The maximum Gasteiger partial charge on any atom is 0.266 e. The average molecular weight is 377 g/mol. The Morgan fingerprint density at radius 2 is 1.50 bits per heavy atom. The van der Waals surface area contributed by atoms with E-state index in [2.05, 4.69) is 5.32 Å². The van der Waals surface area contributed by atoms with Gasteiger partial charge in [-0.25, -0.2) is 0 Å². The van der Waals surface area contributed by atoms with E-state index in [4.69, 9.17) is 0 Å². The SMILES string of the molecule is CC(C)(C)c1cc(/C=C(\C#N)C(=O)Nc2ccccc2)cc(C(C)(C)C)c1O. The van der Waals surface area contributed by atoms with Crippen LogP contribution in [0.5, 0.6) is 5.75 Å². The third-order valence-electron chi connectivity index (χ3n) is 4.46. The summed E-state index contributed by atoms with van der Waals surface area (Å²) < 4.78 is 0. The molecule has 28 heavy (non-hydrogen) atoms. The van der Waals surface area contributed by atoms with Crippen LogP contribution in [-0.2, 0) is 15.6 Å². The van der Waals surface area contributed by atoms with E-state index in [-0.39, 0.29) is 22.2 Å². The quantitative estimate of drug-likeness (QED) is 0.546. The van der Waals surface area contributed by atoms with Crippen molar-refractivity contribution in [2.75, 3.05) is 5.32 Å². The van der Waals surface area contributed by atoms with E-state index in [0.29, 0.717) is 11.3 Å². The summed E-state index contributed by atoms with van der Waals surface area (Å²) in [5.74, 6) is -0.194. The van der Waals surface area contributed by atoms with Crippen LogP contribution in [0.2, 0.25) is 0 Å². The van der Waals surface area contributed by atoms with Crippen molar-refractivity contribution in [3.05, 3.63) is 64.7 Å². The van der Waals surface area contributed by atoms with E-state index in [1.54, 1.807) is 18.2 Å². The maximum absolute atomic E-state index is 12.5. The molecule has 0 radical (unpaired) electrons. The van der Waals surface area contributed by atoms with Crippen LogP contribution in [0.3, 0.4) is 0 Å². The number of hydrogen-bond donors (Lipinski definition) is 2. The van der Waals surface area contributed by atoms with Crippen molar-refractivity contribution in [2.45, 2.75) is 52.4 Å². The monoisotopic (exact) mass is 376 g/mol. The number of aromatic hydroxyl groups is 1. The van der Waals surface area contributed by atoms with Gasteiger partial charge in [0.25, 0.3) is 5.91 Å². The number of phenolic OH excluding ortho intramolecular Hbond substituents is 1. The molecule has 0 aliphatic heterocycles. The first-order valence-corrected chi connectivity index (χ1v) is 9.29. The molecule has 0 bridgehead atoms. The van der Waals surface area contributed by atoms with Gasteiger partial charge in [-0.3, -0.25) is 4.79 Å². The minimum atomic E-state index is -0.462. The normalized spacial score (nSPS) is 12.4. The third kappa shape index (κ3) is 5.01. The summed E-state index contributed by atoms with van der Waals surface area (Å²) in [5, 5.41) is 23.1. The topological polar surface area (TPSA) is 73.1 Å². The Morgan fingerprint density at radius 1 is 1.00 bits per heavy atom. The number of nitrogens with zero attached hydrogens (tertiary/aromatic N) is 1. The number of phenols is 1. The highest BCUT2D eigenvalue weighted by Gasteiger charge is 2.26. The standard InChI is InChI=1S/C24H28N2O2/c1-23(2,3)19-13-16(14-20(21(19)27)24(4,5)6)12-17(15-25)22(28)26-18-10-8-7-9-11-18/h7-14,27H,1-6H3,(H,26,28)/b17-12+. The van der Waals surface area contributed by atoms with Crippen molar-refractivity contribution in [3.8, 4) is 11.8 Å². The van der Waals surface area contributed by atoms with Gasteiger partial charge in [-0.15, -0.1) is 0 Å². The lowest BCUT2D eigenvalue weighted by Crippen LogP contribution is -2.18. The number of nitrogens with one attached hydrogen (secondary N) is 1. The first kappa shape index (κ1) is 21.2. The van der Waals surface area contributed by atoms with Crippen molar-refractivity contribution in [3.63, 3.8) is 0 Å². The van der Waals surface area contributed by atoms with Crippen LogP contribution in [0.15, 0.2) is 48.0 Å². The molecule has 2 aromatic rings. The van der Waals surface area contributed by atoms with Gasteiger partial charge in [-0.05, 0) is 46.7 Å². The molecule has 0 saturated heterocycles. The van der Waals surface area contributed by atoms with Crippen molar-refractivity contribution in [1.29, 1.82) is 5.26 Å². The summed E-state index contributed by atoms with van der Waals surface area (Å²) in [5.41, 5.74) is 2.35. The number of nitriles is 1. The number of carbonyl (C=O) groups excluding carboxylic acids is 1. The van der Waals surface area contributed by atoms with E-state index >= 15 is 0 Å². The Hall–Kier alpha value is -3.06. The molecule has 0 aliphatic rings. The first-order valence-electron chi connectivity index (χ1n) is 9.29. The number of para-hydroxylation sites is 1. The Balaban J connectivity index is 2.53. The molecule has 0 aromatic heterocycles. The van der Waals surface area contributed by atoms with Gasteiger partial charge in [0.05, 0.1) is 0 Å². The Morgan fingerprint density at radius 3 is 1.93 bits per heavy atom. The van der Waals surface area contributed by atoms with Crippen molar-refractivity contribution >= 4 is 17.7 Å². The van der Waals surface area contributed by atoms with Crippen molar-refractivity contribution in [2.24, 2.45) is 0 Å². The van der Waals surface area contributed by atoms with E-state index in [0.717, 1.165) is 11.1 Å². The van der Waals surface area contributed by atoms with Crippen molar-refractivity contribution < 1.29 is 9.90 Å². The summed E-state index contributed by atoms with van der Waals surface area (Å²) >= 11 is 0. The van der Waals surface area contributed by atoms with Gasteiger partial charge in [0.1, 0.15) is 17.4 Å². The predicted octanol–water partition coefficient (Wildman–Crippen LogP) is 5.53. The third-order valence-corrected chi connectivity index (χ3v) is 4.46. The fourth-order valence-electron chi connectivity index (χ4n) is 2.92. The largest absolute Gasteiger partial charge is 0.507 e. The van der Waals surface area contributed by atoms with E-state index in [1.807, 2.05) is 77.9 Å². The number of rotatable bonds is 3. The lowest BCUT2D eigenvalue weighted by atomic mass is 9.78. The van der Waals surface area contributed by atoms with Gasteiger partial charge in [0.15, 0.2) is 0 Å². The molecule has 0 saturated carbocycles. The summed E-state index contributed by atoms with van der Waals surface area (Å²) in [6.07, 6.45) is 1.57. The molecule has 0 aliphatic carbocycles. The van der Waals surface area contributed by atoms with Gasteiger partial charge in [0.2, 0.25) is 0 Å². The molecule has 0 spiro atoms. The zero-order chi connectivity index (χ0) is 21.1. The second-order valence-corrected chi connectivity index (χ2v) is 8.95. The van der Waals surface area contributed by atoms with Gasteiger partial charge in [-0.1, -0.05) is 59.7 Å². The molecule has 1 amide bonds. The number of anilines is 1. The van der Waals surface area contributed by atoms with Crippen LogP contribution in [0.25, 0.3) is 6.08 Å². The molecule has 2 rings (SSSR count). The fourth-order valence-corrected chi connectivity index (χ4v) is 2.92. The van der Waals surface area contributed by atoms with E-state index < -0.39 is 5.91 Å². The smallest absolute Gasteiger partial charge is 0.266 e. The van der Waals surface area contributed by atoms with Gasteiger partial charge in [-0.2, -0.15) is 5.26 Å². The molecular weight excluding hydrogens is 348 g/mol. The second kappa shape index (κ2) is 7.90. The maximum atomic E-state index is 12.5. The van der Waals surface area contributed by atoms with E-state index in [9.17, 15) is 15.2 Å².